The summed E-state index contributed by atoms with van der Waals surface area (Å²) >= 11 is 5.84. The van der Waals surface area contributed by atoms with Crippen LogP contribution in [0.1, 0.15) is 30.6 Å². The van der Waals surface area contributed by atoms with Crippen molar-refractivity contribution in [2.45, 2.75) is 38.0 Å². The number of hydrogen-bond acceptors (Lipinski definition) is 4. The maximum Gasteiger partial charge on any atom is 0.387 e. The number of urea groups is 1. The monoisotopic (exact) mass is 438 g/mol. The van der Waals surface area contributed by atoms with Gasteiger partial charge in [-0.05, 0) is 55.2 Å². The molecule has 160 valence electrons. The number of amides is 3. The summed E-state index contributed by atoms with van der Waals surface area (Å²) in [6.45, 7) is -1.45. The lowest BCUT2D eigenvalue weighted by molar-refractivity contribution is -0.132. The number of halogens is 3. The Hall–Kier alpha value is -2.71. The molecule has 9 heteroatoms. The zero-order valence-corrected chi connectivity index (χ0v) is 16.9. The van der Waals surface area contributed by atoms with Gasteiger partial charge in [-0.2, -0.15) is 8.78 Å². The van der Waals surface area contributed by atoms with Crippen LogP contribution in [0.3, 0.4) is 0 Å². The number of benzene rings is 2. The molecule has 1 saturated heterocycles. The highest BCUT2D eigenvalue weighted by Crippen LogP contribution is 2.26. The predicted octanol–water partition coefficient (Wildman–Crippen LogP) is 3.92. The molecule has 0 radical (unpaired) electrons. The van der Waals surface area contributed by atoms with Crippen LogP contribution in [-0.2, 0) is 11.2 Å². The van der Waals surface area contributed by atoms with Crippen molar-refractivity contribution in [1.29, 1.82) is 0 Å². The van der Waals surface area contributed by atoms with Gasteiger partial charge < -0.3 is 15.2 Å². The number of β-amino-alcohol motifs (C(OH)–C–C–N with tert-alkyl or cyclic N) is 1. The lowest BCUT2D eigenvalue weighted by Crippen LogP contribution is -2.44. The second-order valence-corrected chi connectivity index (χ2v) is 7.70. The summed E-state index contributed by atoms with van der Waals surface area (Å²) in [7, 11) is 0. The first-order valence-corrected chi connectivity index (χ1v) is 9.67. The van der Waals surface area contributed by atoms with Gasteiger partial charge in [-0.1, -0.05) is 35.9 Å². The third-order valence-electron chi connectivity index (χ3n) is 5.02. The third kappa shape index (κ3) is 5.06. The number of nitrogens with one attached hydrogen (secondary N) is 1. The Morgan fingerprint density at radius 3 is 2.37 bits per heavy atom. The standard InChI is InChI=1S/C21H21ClF2N2O4/c1-21(11-10-13-2-8-16(9-3-13)30-19(23)24)18(28)26(20(29)25-21)12-17(27)14-4-6-15(22)7-5-14/h2-9,17,19,27H,10-12H2,1H3,(H,25,29)/t17-,21+/m1/s1. The molecule has 2 aromatic carbocycles. The largest absolute Gasteiger partial charge is 0.435 e. The molecule has 3 rings (SSSR count). The fourth-order valence-electron chi connectivity index (χ4n) is 3.28. The van der Waals surface area contributed by atoms with E-state index in [1.165, 1.54) is 12.1 Å². The fourth-order valence-corrected chi connectivity index (χ4v) is 3.40. The van der Waals surface area contributed by atoms with E-state index >= 15 is 0 Å². The first-order valence-electron chi connectivity index (χ1n) is 9.29. The lowest BCUT2D eigenvalue weighted by Gasteiger charge is -2.23. The number of aliphatic hydroxyl groups is 1. The molecule has 2 N–H and O–H groups in total. The van der Waals surface area contributed by atoms with Gasteiger partial charge in [0.1, 0.15) is 11.3 Å². The number of carbonyl (C=O) groups is 2. The van der Waals surface area contributed by atoms with Gasteiger partial charge in [-0.25, -0.2) is 4.79 Å². The molecule has 0 spiro atoms. The lowest BCUT2D eigenvalue weighted by atomic mass is 9.93. The van der Waals surface area contributed by atoms with Gasteiger partial charge in [-0.15, -0.1) is 0 Å². The molecule has 0 aliphatic carbocycles. The predicted molar refractivity (Wildman–Crippen MR) is 106 cm³/mol. The number of imide groups is 1. The van der Waals surface area contributed by atoms with E-state index in [4.69, 9.17) is 11.6 Å². The SMILES string of the molecule is C[C@@]1(CCc2ccc(OC(F)F)cc2)NC(=O)N(C[C@@H](O)c2ccc(Cl)cc2)C1=O. The Bertz CT molecular complexity index is 908. The summed E-state index contributed by atoms with van der Waals surface area (Å²) in [4.78, 5) is 26.2. The Labute approximate surface area is 177 Å². The maximum atomic E-state index is 12.9. The van der Waals surface area contributed by atoms with E-state index < -0.39 is 30.2 Å². The van der Waals surface area contributed by atoms with Crippen molar-refractivity contribution in [1.82, 2.24) is 10.2 Å². The van der Waals surface area contributed by atoms with Crippen molar-refractivity contribution < 1.29 is 28.2 Å². The van der Waals surface area contributed by atoms with Crippen LogP contribution in [0.15, 0.2) is 48.5 Å². The highest BCUT2D eigenvalue weighted by molar-refractivity contribution is 6.30. The van der Waals surface area contributed by atoms with Crippen LogP contribution in [0.4, 0.5) is 13.6 Å². The zero-order chi connectivity index (χ0) is 21.9. The van der Waals surface area contributed by atoms with Crippen molar-refractivity contribution >= 4 is 23.5 Å². The Morgan fingerprint density at radius 1 is 1.13 bits per heavy atom. The van der Waals surface area contributed by atoms with Gasteiger partial charge in [-0.3, -0.25) is 9.69 Å². The molecular formula is C21H21ClF2N2O4. The smallest absolute Gasteiger partial charge is 0.387 e. The normalized spacial score (nSPS) is 19.9. The summed E-state index contributed by atoms with van der Waals surface area (Å²) in [5.41, 5.74) is 0.217. The molecular weight excluding hydrogens is 418 g/mol. The molecule has 1 aliphatic rings. The molecule has 1 aliphatic heterocycles. The second kappa shape index (κ2) is 8.97. The number of aliphatic hydroxyl groups excluding tert-OH is 1. The van der Waals surface area contributed by atoms with Gasteiger partial charge in [0, 0.05) is 5.02 Å². The van der Waals surface area contributed by atoms with Crippen molar-refractivity contribution in [2.75, 3.05) is 6.54 Å². The molecule has 0 aromatic heterocycles. The third-order valence-corrected chi connectivity index (χ3v) is 5.27. The molecule has 2 atom stereocenters. The van der Waals surface area contributed by atoms with Crippen LogP contribution in [0, 0.1) is 0 Å². The van der Waals surface area contributed by atoms with E-state index in [1.807, 2.05) is 0 Å². The van der Waals surface area contributed by atoms with Crippen molar-refractivity contribution in [2.24, 2.45) is 0 Å². The van der Waals surface area contributed by atoms with Gasteiger partial charge in [0.05, 0.1) is 12.6 Å². The number of aryl methyl sites for hydroxylation is 1. The molecule has 2 aromatic rings. The topological polar surface area (TPSA) is 78.9 Å². The van der Waals surface area contributed by atoms with E-state index in [9.17, 15) is 23.5 Å². The first-order chi connectivity index (χ1) is 14.2. The molecule has 30 heavy (non-hydrogen) atoms. The number of alkyl halides is 2. The van der Waals surface area contributed by atoms with E-state index in [0.29, 0.717) is 23.4 Å². The molecule has 1 fully saturated rings. The van der Waals surface area contributed by atoms with E-state index in [1.54, 1.807) is 43.3 Å². The van der Waals surface area contributed by atoms with Crippen LogP contribution < -0.4 is 10.1 Å². The fraction of sp³-hybridized carbons (Fsp3) is 0.333. The molecule has 3 amide bonds. The van der Waals surface area contributed by atoms with E-state index in [2.05, 4.69) is 10.1 Å². The summed E-state index contributed by atoms with van der Waals surface area (Å²) in [5, 5.41) is 13.6. The molecule has 0 unspecified atom stereocenters. The van der Waals surface area contributed by atoms with E-state index in [0.717, 1.165) is 10.5 Å². The Kier molecular flexibility index (Phi) is 6.58. The van der Waals surface area contributed by atoms with E-state index in [-0.39, 0.29) is 12.3 Å². The molecule has 0 bridgehead atoms. The van der Waals surface area contributed by atoms with Crippen LogP contribution in [0.2, 0.25) is 5.02 Å². The minimum Gasteiger partial charge on any atom is -0.435 e. The molecule has 1 heterocycles. The minimum atomic E-state index is -2.89. The van der Waals surface area contributed by atoms with Crippen LogP contribution in [0.25, 0.3) is 0 Å². The highest BCUT2D eigenvalue weighted by Gasteiger charge is 2.47. The summed E-state index contributed by atoms with van der Waals surface area (Å²) in [6.07, 6.45) is -0.299. The van der Waals surface area contributed by atoms with Crippen molar-refractivity contribution in [3.05, 3.63) is 64.7 Å². The minimum absolute atomic E-state index is 0.0487. The zero-order valence-electron chi connectivity index (χ0n) is 16.1. The highest BCUT2D eigenvalue weighted by atomic mass is 35.5. The average molecular weight is 439 g/mol. The van der Waals surface area contributed by atoms with Crippen molar-refractivity contribution in [3.8, 4) is 5.75 Å². The number of ether oxygens (including phenoxy) is 1. The molecule has 0 saturated carbocycles. The summed E-state index contributed by atoms with van der Waals surface area (Å²) < 4.78 is 28.8. The summed E-state index contributed by atoms with van der Waals surface area (Å²) in [6, 6.07) is 12.0. The first kappa shape index (κ1) is 22.0. The summed E-state index contributed by atoms with van der Waals surface area (Å²) in [5.74, 6) is -0.384. The Morgan fingerprint density at radius 2 is 1.77 bits per heavy atom. The van der Waals surface area contributed by atoms with Gasteiger partial charge in [0.25, 0.3) is 5.91 Å². The number of hydrogen-bond donors (Lipinski definition) is 2. The maximum absolute atomic E-state index is 12.9. The number of rotatable bonds is 8. The molecule has 6 nitrogen and oxygen atoms in total. The Balaban J connectivity index is 1.61. The van der Waals surface area contributed by atoms with Gasteiger partial charge in [0.2, 0.25) is 0 Å². The van der Waals surface area contributed by atoms with Crippen LogP contribution in [-0.4, -0.2) is 40.6 Å². The second-order valence-electron chi connectivity index (χ2n) is 7.27. The number of nitrogens with zero attached hydrogens (tertiary/aromatic N) is 1. The average Bonchev–Trinajstić information content (AvgIpc) is 2.91. The quantitative estimate of drug-likeness (QED) is 0.612. The van der Waals surface area contributed by atoms with Crippen LogP contribution >= 0.6 is 11.6 Å². The van der Waals surface area contributed by atoms with Crippen molar-refractivity contribution in [3.63, 3.8) is 0 Å². The number of carbonyl (C=O) groups excluding carboxylic acids is 2. The van der Waals surface area contributed by atoms with Gasteiger partial charge in [0.15, 0.2) is 0 Å². The van der Waals surface area contributed by atoms with Crippen LogP contribution in [0.5, 0.6) is 5.75 Å². The van der Waals surface area contributed by atoms with Gasteiger partial charge >= 0.3 is 12.6 Å².